The molecule has 2 rings (SSSR count). The SMILES string of the molecule is Nc1nc(-[n+]2ccccc2)cc(=O)[nH]1.[Cl-]. The second-order valence-corrected chi connectivity index (χ2v) is 2.77. The highest BCUT2D eigenvalue weighted by Crippen LogP contribution is 1.91. The van der Waals surface area contributed by atoms with Gasteiger partial charge in [-0.1, -0.05) is 6.07 Å². The second-order valence-electron chi connectivity index (χ2n) is 2.77. The van der Waals surface area contributed by atoms with E-state index in [1.54, 1.807) is 17.0 Å². The molecule has 0 radical (unpaired) electrons. The Labute approximate surface area is 92.0 Å². The molecule has 0 bridgehead atoms. The molecule has 5 nitrogen and oxygen atoms in total. The van der Waals surface area contributed by atoms with Crippen molar-refractivity contribution in [3.63, 3.8) is 0 Å². The van der Waals surface area contributed by atoms with Gasteiger partial charge in [-0.15, -0.1) is 0 Å². The van der Waals surface area contributed by atoms with Crippen molar-refractivity contribution >= 4 is 5.95 Å². The maximum atomic E-state index is 11.1. The van der Waals surface area contributed by atoms with E-state index < -0.39 is 0 Å². The van der Waals surface area contributed by atoms with Gasteiger partial charge in [-0.2, -0.15) is 0 Å². The lowest BCUT2D eigenvalue weighted by Gasteiger charge is -1.93. The minimum Gasteiger partial charge on any atom is -1.00 e. The van der Waals surface area contributed by atoms with Crippen molar-refractivity contribution in [3.8, 4) is 5.82 Å². The molecule has 0 aliphatic heterocycles. The van der Waals surface area contributed by atoms with Gasteiger partial charge in [-0.05, 0) is 17.1 Å². The van der Waals surface area contributed by atoms with Crippen LogP contribution in [0.4, 0.5) is 5.95 Å². The summed E-state index contributed by atoms with van der Waals surface area (Å²) >= 11 is 0. The summed E-state index contributed by atoms with van der Waals surface area (Å²) in [5, 5.41) is 0. The van der Waals surface area contributed by atoms with E-state index in [0.717, 1.165) is 0 Å². The van der Waals surface area contributed by atoms with Gasteiger partial charge < -0.3 is 18.1 Å². The lowest BCUT2D eigenvalue weighted by molar-refractivity contribution is -0.599. The maximum absolute atomic E-state index is 11.1. The van der Waals surface area contributed by atoms with Crippen molar-refractivity contribution in [1.29, 1.82) is 0 Å². The molecule has 0 amide bonds. The van der Waals surface area contributed by atoms with Crippen LogP contribution in [0.1, 0.15) is 0 Å². The standard InChI is InChI=1S/C9H8N4O.ClH/c10-9-11-7(6-8(14)12-9)13-4-2-1-3-5-13;/h1-6H,(H2-,10,11,12,14);1H. The summed E-state index contributed by atoms with van der Waals surface area (Å²) < 4.78 is 1.71. The van der Waals surface area contributed by atoms with Crippen LogP contribution in [-0.2, 0) is 0 Å². The van der Waals surface area contributed by atoms with Crippen LogP contribution in [0.25, 0.3) is 5.82 Å². The van der Waals surface area contributed by atoms with Crippen molar-refractivity contribution in [3.05, 3.63) is 47.0 Å². The average molecular weight is 225 g/mol. The molecule has 0 aliphatic rings. The maximum Gasteiger partial charge on any atom is 0.337 e. The van der Waals surface area contributed by atoms with E-state index in [2.05, 4.69) is 9.97 Å². The van der Waals surface area contributed by atoms with Gasteiger partial charge in [0, 0.05) is 0 Å². The normalized spacial score (nSPS) is 9.33. The first-order valence-electron chi connectivity index (χ1n) is 4.09. The molecule has 3 N–H and O–H groups in total. The third-order valence-electron chi connectivity index (χ3n) is 1.73. The van der Waals surface area contributed by atoms with Gasteiger partial charge in [0.15, 0.2) is 0 Å². The number of nitrogens with zero attached hydrogens (tertiary/aromatic N) is 2. The fourth-order valence-corrected chi connectivity index (χ4v) is 1.15. The summed E-state index contributed by atoms with van der Waals surface area (Å²) in [7, 11) is 0. The van der Waals surface area contributed by atoms with Gasteiger partial charge in [0.05, 0.1) is 18.5 Å². The predicted molar refractivity (Wildman–Crippen MR) is 50.8 cm³/mol. The summed E-state index contributed by atoms with van der Waals surface area (Å²) in [6.07, 6.45) is 3.59. The van der Waals surface area contributed by atoms with E-state index in [1.165, 1.54) is 6.07 Å². The minimum atomic E-state index is -0.260. The van der Waals surface area contributed by atoms with Crippen LogP contribution in [0.3, 0.4) is 0 Å². The summed E-state index contributed by atoms with van der Waals surface area (Å²) in [6.45, 7) is 0. The second kappa shape index (κ2) is 4.56. The fraction of sp³-hybridized carbons (Fsp3) is 0. The van der Waals surface area contributed by atoms with E-state index in [-0.39, 0.29) is 23.9 Å². The zero-order valence-corrected chi connectivity index (χ0v) is 8.48. The van der Waals surface area contributed by atoms with Crippen LogP contribution in [0.15, 0.2) is 41.5 Å². The van der Waals surface area contributed by atoms with Gasteiger partial charge in [0.2, 0.25) is 0 Å². The fourth-order valence-electron chi connectivity index (χ4n) is 1.15. The average Bonchev–Trinajstić information content (AvgIpc) is 2.18. The van der Waals surface area contributed by atoms with Crippen LogP contribution < -0.4 is 28.3 Å². The quantitative estimate of drug-likeness (QED) is 0.497. The van der Waals surface area contributed by atoms with Gasteiger partial charge in [-0.3, -0.25) is 9.78 Å². The van der Waals surface area contributed by atoms with Crippen molar-refractivity contribution < 1.29 is 17.0 Å². The highest BCUT2D eigenvalue weighted by molar-refractivity contribution is 5.20. The Morgan fingerprint density at radius 2 is 1.93 bits per heavy atom. The predicted octanol–water partition coefficient (Wildman–Crippen LogP) is -3.37. The van der Waals surface area contributed by atoms with E-state index >= 15 is 0 Å². The van der Waals surface area contributed by atoms with Crippen molar-refractivity contribution in [2.45, 2.75) is 0 Å². The van der Waals surface area contributed by atoms with Crippen LogP contribution in [0, 0.1) is 0 Å². The topological polar surface area (TPSA) is 75.7 Å². The molecule has 0 spiro atoms. The molecule has 0 saturated carbocycles. The van der Waals surface area contributed by atoms with Crippen molar-refractivity contribution in [1.82, 2.24) is 9.97 Å². The molecule has 78 valence electrons. The number of H-pyrrole nitrogens is 1. The molecule has 15 heavy (non-hydrogen) atoms. The number of anilines is 1. The van der Waals surface area contributed by atoms with Crippen LogP contribution in [-0.4, -0.2) is 9.97 Å². The highest BCUT2D eigenvalue weighted by atomic mass is 35.5. The smallest absolute Gasteiger partial charge is 0.337 e. The molecule has 6 heteroatoms. The molecule has 0 aliphatic carbocycles. The Morgan fingerprint density at radius 1 is 1.27 bits per heavy atom. The molecule has 0 fully saturated rings. The molecule has 2 aromatic rings. The van der Waals surface area contributed by atoms with E-state index in [9.17, 15) is 4.79 Å². The largest absolute Gasteiger partial charge is 1.00 e. The molecule has 0 atom stereocenters. The lowest BCUT2D eigenvalue weighted by Crippen LogP contribution is -3.00. The molecule has 2 heterocycles. The number of aromatic amines is 1. The van der Waals surface area contributed by atoms with Crippen molar-refractivity contribution in [2.24, 2.45) is 0 Å². The summed E-state index contributed by atoms with van der Waals surface area (Å²) in [5.41, 5.74) is 5.16. The monoisotopic (exact) mass is 224 g/mol. The first-order chi connectivity index (χ1) is 6.75. The third kappa shape index (κ3) is 2.54. The summed E-state index contributed by atoms with van der Waals surface area (Å²) in [6, 6.07) is 6.96. The third-order valence-corrected chi connectivity index (χ3v) is 1.73. The number of pyridine rings is 1. The number of rotatable bonds is 1. The van der Waals surface area contributed by atoms with E-state index in [4.69, 9.17) is 5.73 Å². The summed E-state index contributed by atoms with van der Waals surface area (Å²) in [5.74, 6) is 0.621. The molecular formula is C9H9ClN4O. The van der Waals surface area contributed by atoms with Crippen molar-refractivity contribution in [2.75, 3.05) is 5.73 Å². The number of aromatic nitrogens is 3. The number of hydrogen-bond donors (Lipinski definition) is 2. The molecule has 0 unspecified atom stereocenters. The van der Waals surface area contributed by atoms with Crippen LogP contribution in [0.5, 0.6) is 0 Å². The Balaban J connectivity index is 0.00000112. The van der Waals surface area contributed by atoms with Gasteiger partial charge in [-0.25, -0.2) is 4.57 Å². The lowest BCUT2D eigenvalue weighted by atomic mass is 10.4. The van der Waals surface area contributed by atoms with E-state index in [1.807, 2.05) is 18.2 Å². The summed E-state index contributed by atoms with van der Waals surface area (Å²) in [4.78, 5) is 17.5. The molecular weight excluding hydrogens is 216 g/mol. The Bertz CT molecular complexity index is 497. The Kier molecular flexibility index (Phi) is 3.41. The zero-order valence-electron chi connectivity index (χ0n) is 7.72. The van der Waals surface area contributed by atoms with E-state index in [0.29, 0.717) is 5.82 Å². The molecule has 2 aromatic heterocycles. The Hall–Kier alpha value is -1.88. The number of nitrogen functional groups attached to an aromatic ring is 1. The zero-order chi connectivity index (χ0) is 9.97. The van der Waals surface area contributed by atoms with Crippen LogP contribution in [0.2, 0.25) is 0 Å². The number of halogens is 1. The Morgan fingerprint density at radius 3 is 2.53 bits per heavy atom. The number of nitrogens with two attached hydrogens (primary N) is 1. The minimum absolute atomic E-state index is 0. The molecule has 0 aromatic carbocycles. The number of hydrogen-bond acceptors (Lipinski definition) is 3. The van der Waals surface area contributed by atoms with Gasteiger partial charge >= 0.3 is 11.8 Å². The van der Waals surface area contributed by atoms with Crippen LogP contribution >= 0.6 is 0 Å². The molecule has 0 saturated heterocycles. The van der Waals surface area contributed by atoms with Gasteiger partial charge in [0.25, 0.3) is 5.56 Å². The first-order valence-corrected chi connectivity index (χ1v) is 4.09. The number of nitrogens with one attached hydrogen (secondary N) is 1. The first kappa shape index (κ1) is 11.2. The van der Waals surface area contributed by atoms with Gasteiger partial charge in [0.1, 0.15) is 0 Å². The highest BCUT2D eigenvalue weighted by Gasteiger charge is 2.09.